The van der Waals surface area contributed by atoms with E-state index in [1.54, 1.807) is 12.3 Å². The van der Waals surface area contributed by atoms with Crippen LogP contribution in [0.5, 0.6) is 0 Å². The number of nitrogens with zero attached hydrogens (tertiary/aromatic N) is 1. The van der Waals surface area contributed by atoms with E-state index in [-0.39, 0.29) is 12.7 Å². The lowest BCUT2D eigenvalue weighted by molar-refractivity contribution is -0.384. The summed E-state index contributed by atoms with van der Waals surface area (Å²) in [5, 5.41) is 10.6. The molecule has 2 aliphatic rings. The molecule has 0 spiro atoms. The molecule has 166 valence electrons. The minimum absolute atomic E-state index is 0.190. The molecule has 32 heavy (non-hydrogen) atoms. The summed E-state index contributed by atoms with van der Waals surface area (Å²) in [6.07, 6.45) is -0.766. The maximum absolute atomic E-state index is 10.1. The van der Waals surface area contributed by atoms with Gasteiger partial charge in [0.1, 0.15) is 23.5 Å². The number of ether oxygens (including phenoxy) is 4. The Morgan fingerprint density at radius 2 is 1.28 bits per heavy atom. The van der Waals surface area contributed by atoms with E-state index < -0.39 is 30.9 Å². The molecule has 7 heteroatoms. The molecular weight excluding hydrogens is 430 g/mol. The van der Waals surface area contributed by atoms with Crippen molar-refractivity contribution in [1.82, 2.24) is 4.98 Å². The fourth-order valence-corrected chi connectivity index (χ4v) is 4.29. The van der Waals surface area contributed by atoms with Crippen LogP contribution in [0.3, 0.4) is 0 Å². The van der Waals surface area contributed by atoms with E-state index in [1.807, 2.05) is 66.7 Å². The lowest BCUT2D eigenvalue weighted by Gasteiger charge is -2.49. The van der Waals surface area contributed by atoms with Gasteiger partial charge < -0.3 is 24.1 Å². The van der Waals surface area contributed by atoms with Gasteiger partial charge in [-0.05, 0) is 11.6 Å². The zero-order valence-corrected chi connectivity index (χ0v) is 18.0. The van der Waals surface area contributed by atoms with Gasteiger partial charge in [-0.1, -0.05) is 78.3 Å². The first-order valence-corrected chi connectivity index (χ1v) is 11.0. The van der Waals surface area contributed by atoms with Gasteiger partial charge in [-0.2, -0.15) is 0 Å². The van der Waals surface area contributed by atoms with Crippen molar-refractivity contribution in [3.8, 4) is 0 Å². The SMILES string of the molecule is OC[C@H]1OC(c2ccccc2)O[C@@H]2[C@@H]1OC(c1ccccc1)O[C@@H]2Cc1ccc(Cl)nc1. The number of rotatable bonds is 5. The van der Waals surface area contributed by atoms with Crippen LogP contribution in [0.4, 0.5) is 0 Å². The van der Waals surface area contributed by atoms with Crippen LogP contribution in [0.1, 0.15) is 29.3 Å². The number of aliphatic hydroxyl groups excluding tert-OH is 1. The van der Waals surface area contributed by atoms with E-state index >= 15 is 0 Å². The number of pyridine rings is 1. The topological polar surface area (TPSA) is 70.0 Å². The van der Waals surface area contributed by atoms with Crippen LogP contribution in [0.2, 0.25) is 5.15 Å². The average Bonchev–Trinajstić information content (AvgIpc) is 2.86. The zero-order valence-electron chi connectivity index (χ0n) is 17.3. The van der Waals surface area contributed by atoms with Crippen molar-refractivity contribution in [2.24, 2.45) is 0 Å². The molecule has 6 atom stereocenters. The van der Waals surface area contributed by atoms with Crippen molar-refractivity contribution >= 4 is 11.6 Å². The van der Waals surface area contributed by atoms with Crippen LogP contribution in [-0.2, 0) is 25.4 Å². The van der Waals surface area contributed by atoms with E-state index in [9.17, 15) is 5.11 Å². The lowest BCUT2D eigenvalue weighted by Crippen LogP contribution is -2.59. The minimum Gasteiger partial charge on any atom is -0.394 e. The summed E-state index contributed by atoms with van der Waals surface area (Å²) >= 11 is 5.96. The van der Waals surface area contributed by atoms with Gasteiger partial charge in [0.25, 0.3) is 0 Å². The van der Waals surface area contributed by atoms with E-state index in [2.05, 4.69) is 4.98 Å². The van der Waals surface area contributed by atoms with Crippen molar-refractivity contribution in [3.05, 3.63) is 101 Å². The first-order valence-electron chi connectivity index (χ1n) is 10.6. The molecule has 6 nitrogen and oxygen atoms in total. The van der Waals surface area contributed by atoms with Crippen LogP contribution < -0.4 is 0 Å². The third-order valence-electron chi connectivity index (χ3n) is 5.76. The molecule has 0 amide bonds. The molecular formula is C25H24ClNO5. The van der Waals surface area contributed by atoms with E-state index in [4.69, 9.17) is 30.5 Å². The number of hydrogen-bond donors (Lipinski definition) is 1. The van der Waals surface area contributed by atoms with E-state index in [0.29, 0.717) is 11.6 Å². The summed E-state index contributed by atoms with van der Waals surface area (Å²) in [4.78, 5) is 4.19. The first-order chi connectivity index (χ1) is 15.7. The van der Waals surface area contributed by atoms with Gasteiger partial charge in [0.2, 0.25) is 0 Å². The predicted octanol–water partition coefficient (Wildman–Crippen LogP) is 4.24. The van der Waals surface area contributed by atoms with Crippen LogP contribution in [-0.4, -0.2) is 41.1 Å². The quantitative estimate of drug-likeness (QED) is 0.583. The summed E-state index contributed by atoms with van der Waals surface area (Å²) in [5.74, 6) is 0. The first kappa shape index (κ1) is 21.5. The van der Waals surface area contributed by atoms with Gasteiger partial charge >= 0.3 is 0 Å². The molecule has 0 radical (unpaired) electrons. The third kappa shape index (κ3) is 4.57. The second-order valence-corrected chi connectivity index (χ2v) is 8.30. The van der Waals surface area contributed by atoms with Gasteiger partial charge in [0.05, 0.1) is 12.7 Å². The standard InChI is InChI=1S/C25H24ClNO5/c26-21-12-11-16(14-27-21)13-19-22-23(32-24(29-19)17-7-3-1-4-8-17)20(15-28)30-25(31-22)18-9-5-2-6-10-18/h1-12,14,19-20,22-25,28H,13,15H2/t19-,20-,22+,23-,24?,25?/m1/s1. The van der Waals surface area contributed by atoms with Gasteiger partial charge in [-0.25, -0.2) is 4.98 Å². The van der Waals surface area contributed by atoms with Crippen molar-refractivity contribution in [2.45, 2.75) is 43.4 Å². The summed E-state index contributed by atoms with van der Waals surface area (Å²) < 4.78 is 25.2. The van der Waals surface area contributed by atoms with Crippen LogP contribution in [0, 0.1) is 0 Å². The Bertz CT molecular complexity index is 1000. The molecule has 2 fully saturated rings. The summed E-state index contributed by atoms with van der Waals surface area (Å²) in [6, 6.07) is 23.1. The molecule has 2 aliphatic heterocycles. The lowest BCUT2D eigenvalue weighted by atomic mass is 9.94. The normalized spacial score (nSPS) is 29.9. The Hall–Kier alpha value is -2.32. The highest BCUT2D eigenvalue weighted by molar-refractivity contribution is 6.29. The number of fused-ring (bicyclic) bond motifs is 1. The molecule has 1 N–H and O–H groups in total. The monoisotopic (exact) mass is 453 g/mol. The van der Waals surface area contributed by atoms with Gasteiger partial charge in [-0.15, -0.1) is 0 Å². The van der Waals surface area contributed by atoms with Gasteiger partial charge in [0, 0.05) is 23.7 Å². The third-order valence-corrected chi connectivity index (χ3v) is 5.99. The Labute approximate surface area is 191 Å². The number of hydrogen-bond acceptors (Lipinski definition) is 6. The minimum atomic E-state index is -0.624. The molecule has 0 saturated carbocycles. The number of halogens is 1. The molecule has 5 rings (SSSR count). The Kier molecular flexibility index (Phi) is 6.50. The van der Waals surface area contributed by atoms with E-state index in [0.717, 1.165) is 16.7 Å². The zero-order chi connectivity index (χ0) is 21.9. The number of aliphatic hydroxyl groups is 1. The highest BCUT2D eigenvalue weighted by Gasteiger charge is 2.49. The van der Waals surface area contributed by atoms with Gasteiger partial charge in [0.15, 0.2) is 12.6 Å². The molecule has 3 aromatic rings. The molecule has 2 saturated heterocycles. The maximum Gasteiger partial charge on any atom is 0.184 e. The van der Waals surface area contributed by atoms with Crippen molar-refractivity contribution in [1.29, 1.82) is 0 Å². The van der Waals surface area contributed by atoms with Crippen molar-refractivity contribution in [3.63, 3.8) is 0 Å². The van der Waals surface area contributed by atoms with Crippen LogP contribution >= 0.6 is 11.6 Å². The molecule has 2 aromatic carbocycles. The van der Waals surface area contributed by atoms with Crippen molar-refractivity contribution < 1.29 is 24.1 Å². The Morgan fingerprint density at radius 1 is 0.719 bits per heavy atom. The Morgan fingerprint density at radius 3 is 1.81 bits per heavy atom. The average molecular weight is 454 g/mol. The number of benzene rings is 2. The summed E-state index contributed by atoms with van der Waals surface area (Å²) in [7, 11) is 0. The maximum atomic E-state index is 10.1. The molecule has 1 aromatic heterocycles. The van der Waals surface area contributed by atoms with Crippen LogP contribution in [0.25, 0.3) is 0 Å². The van der Waals surface area contributed by atoms with Crippen molar-refractivity contribution in [2.75, 3.05) is 6.61 Å². The molecule has 2 unspecified atom stereocenters. The predicted molar refractivity (Wildman–Crippen MR) is 118 cm³/mol. The second kappa shape index (κ2) is 9.67. The summed E-state index contributed by atoms with van der Waals surface area (Å²) in [5.41, 5.74) is 2.74. The largest absolute Gasteiger partial charge is 0.394 e. The number of aromatic nitrogens is 1. The highest BCUT2D eigenvalue weighted by atomic mass is 35.5. The van der Waals surface area contributed by atoms with Crippen LogP contribution in [0.15, 0.2) is 79.0 Å². The summed E-state index contributed by atoms with van der Waals surface area (Å²) in [6.45, 7) is -0.190. The second-order valence-electron chi connectivity index (χ2n) is 7.91. The smallest absolute Gasteiger partial charge is 0.184 e. The molecule has 3 heterocycles. The Balaban J connectivity index is 1.46. The molecule has 0 aliphatic carbocycles. The highest BCUT2D eigenvalue weighted by Crippen LogP contribution is 2.41. The van der Waals surface area contributed by atoms with E-state index in [1.165, 1.54) is 0 Å². The fraction of sp³-hybridized carbons (Fsp3) is 0.320. The fourth-order valence-electron chi connectivity index (χ4n) is 4.18. The molecule has 0 bridgehead atoms. The van der Waals surface area contributed by atoms with Gasteiger partial charge in [-0.3, -0.25) is 0 Å².